The third-order valence-corrected chi connectivity index (χ3v) is 5.33. The van der Waals surface area contributed by atoms with Crippen molar-refractivity contribution in [2.24, 2.45) is 0 Å². The summed E-state index contributed by atoms with van der Waals surface area (Å²) < 4.78 is 17.8. The van der Waals surface area contributed by atoms with Crippen molar-refractivity contribution >= 4 is 16.9 Å². The monoisotopic (exact) mass is 324 g/mol. The van der Waals surface area contributed by atoms with E-state index in [0.29, 0.717) is 18.8 Å². The van der Waals surface area contributed by atoms with E-state index in [0.717, 1.165) is 18.4 Å². The lowest BCUT2D eigenvalue weighted by atomic mass is 10.1. The molecule has 0 saturated carbocycles. The number of rotatable bonds is 3. The van der Waals surface area contributed by atoms with Crippen molar-refractivity contribution < 1.29 is 13.7 Å². The molecule has 0 spiro atoms. The number of hydrogen-bond donors (Lipinski definition) is 0. The Morgan fingerprint density at radius 3 is 2.64 bits per heavy atom. The number of hydrogen-bond acceptors (Lipinski definition) is 4. The Bertz CT molecular complexity index is 520. The fraction of sp³-hybridized carbons (Fsp3) is 0.625. The maximum absolute atomic E-state index is 12.4. The minimum absolute atomic E-state index is 0.138. The molecule has 2 rings (SSSR count). The highest BCUT2D eigenvalue weighted by Crippen LogP contribution is 2.20. The predicted molar refractivity (Wildman–Crippen MR) is 86.9 cm³/mol. The van der Waals surface area contributed by atoms with Crippen LogP contribution in [0.15, 0.2) is 24.5 Å². The molecule has 1 fully saturated rings. The van der Waals surface area contributed by atoms with E-state index in [1.54, 1.807) is 17.3 Å². The summed E-state index contributed by atoms with van der Waals surface area (Å²) in [6.45, 7) is 6.80. The lowest BCUT2D eigenvalue weighted by Gasteiger charge is -2.33. The van der Waals surface area contributed by atoms with Crippen molar-refractivity contribution in [2.75, 3.05) is 13.1 Å². The molecule has 0 unspecified atom stereocenters. The fourth-order valence-electron chi connectivity index (χ4n) is 2.39. The first-order valence-corrected chi connectivity index (χ1v) is 8.97. The molecule has 5 nitrogen and oxygen atoms in total. The second-order valence-electron chi connectivity index (χ2n) is 6.55. The molecule has 2 heterocycles. The second-order valence-corrected chi connectivity index (χ2v) is 8.27. The first-order chi connectivity index (χ1) is 10.3. The van der Waals surface area contributed by atoms with Gasteiger partial charge in [-0.3, -0.25) is 9.19 Å². The predicted octanol–water partition coefficient (Wildman–Crippen LogP) is 2.73. The van der Waals surface area contributed by atoms with Crippen LogP contribution in [0.1, 0.15) is 39.2 Å². The molecule has 6 heteroatoms. The minimum Gasteiger partial charge on any atom is -0.444 e. The largest absolute Gasteiger partial charge is 0.444 e. The fourth-order valence-corrected chi connectivity index (χ4v) is 3.86. The van der Waals surface area contributed by atoms with Gasteiger partial charge in [0.1, 0.15) is 5.60 Å². The molecule has 1 aliphatic rings. The molecule has 1 aliphatic heterocycles. The van der Waals surface area contributed by atoms with E-state index in [1.165, 1.54) is 0 Å². The molecule has 0 bridgehead atoms. The zero-order valence-electron chi connectivity index (χ0n) is 13.4. The van der Waals surface area contributed by atoms with E-state index < -0.39 is 16.4 Å². The zero-order chi connectivity index (χ0) is 16.2. The molecule has 0 radical (unpaired) electrons. The van der Waals surface area contributed by atoms with Gasteiger partial charge in [0.2, 0.25) is 0 Å². The SMILES string of the molecule is CC(C)(C)OC(=O)N1CCC([S@](=O)Cc2cccnc2)CC1. The van der Waals surface area contributed by atoms with Crippen molar-refractivity contribution in [3.63, 3.8) is 0 Å². The molecule has 0 aliphatic carbocycles. The number of aromatic nitrogens is 1. The van der Waals surface area contributed by atoms with Crippen LogP contribution in [0.5, 0.6) is 0 Å². The Morgan fingerprint density at radius 2 is 2.09 bits per heavy atom. The summed E-state index contributed by atoms with van der Waals surface area (Å²) in [7, 11) is -0.923. The third-order valence-electron chi connectivity index (χ3n) is 3.50. The second kappa shape index (κ2) is 7.22. The molecule has 0 aromatic carbocycles. The van der Waals surface area contributed by atoms with Crippen molar-refractivity contribution in [1.29, 1.82) is 0 Å². The Kier molecular flexibility index (Phi) is 5.56. The summed E-state index contributed by atoms with van der Waals surface area (Å²) in [6.07, 6.45) is 4.71. The summed E-state index contributed by atoms with van der Waals surface area (Å²) in [6, 6.07) is 3.80. The average Bonchev–Trinajstić information content (AvgIpc) is 2.46. The van der Waals surface area contributed by atoms with E-state index in [9.17, 15) is 9.00 Å². The highest BCUT2D eigenvalue weighted by Gasteiger charge is 2.29. The van der Waals surface area contributed by atoms with Gasteiger partial charge in [0.25, 0.3) is 0 Å². The van der Waals surface area contributed by atoms with Crippen LogP contribution >= 0.6 is 0 Å². The standard InChI is InChI=1S/C16H24N2O3S/c1-16(2,3)21-15(19)18-9-6-14(7-10-18)22(20)12-13-5-4-8-17-11-13/h4-5,8,11,14H,6-7,9-10,12H2,1-3H3/t22-/m1/s1. The normalized spacial score (nSPS) is 18.0. The number of amides is 1. The van der Waals surface area contributed by atoms with Crippen LogP contribution in [-0.4, -0.2) is 44.1 Å². The number of carbonyl (C=O) groups excluding carboxylic acids is 1. The van der Waals surface area contributed by atoms with Crippen LogP contribution in [0.3, 0.4) is 0 Å². The number of carbonyl (C=O) groups is 1. The highest BCUT2D eigenvalue weighted by atomic mass is 32.2. The van der Waals surface area contributed by atoms with E-state index in [1.807, 2.05) is 32.9 Å². The molecule has 0 N–H and O–H groups in total. The van der Waals surface area contributed by atoms with Crippen molar-refractivity contribution in [2.45, 2.75) is 50.2 Å². The Hall–Kier alpha value is -1.43. The molecule has 22 heavy (non-hydrogen) atoms. The van der Waals surface area contributed by atoms with Crippen LogP contribution in [-0.2, 0) is 21.3 Å². The molecule has 1 amide bonds. The number of ether oxygens (including phenoxy) is 1. The topological polar surface area (TPSA) is 59.5 Å². The number of likely N-dealkylation sites (tertiary alicyclic amines) is 1. The van der Waals surface area contributed by atoms with Crippen molar-refractivity contribution in [3.05, 3.63) is 30.1 Å². The van der Waals surface area contributed by atoms with Gasteiger partial charge in [0.05, 0.1) is 5.75 Å². The summed E-state index contributed by atoms with van der Waals surface area (Å²) >= 11 is 0. The van der Waals surface area contributed by atoms with E-state index in [2.05, 4.69) is 4.98 Å². The van der Waals surface area contributed by atoms with E-state index >= 15 is 0 Å². The van der Waals surface area contributed by atoms with E-state index in [4.69, 9.17) is 4.74 Å². The molecule has 1 aromatic rings. The van der Waals surface area contributed by atoms with Crippen LogP contribution in [0, 0.1) is 0 Å². The Balaban J connectivity index is 1.82. The van der Waals surface area contributed by atoms with Gasteiger partial charge in [-0.05, 0) is 45.2 Å². The zero-order valence-corrected chi connectivity index (χ0v) is 14.3. The third kappa shape index (κ3) is 5.09. The first kappa shape index (κ1) is 16.9. The lowest BCUT2D eigenvalue weighted by molar-refractivity contribution is 0.0218. The Labute approximate surface area is 134 Å². The van der Waals surface area contributed by atoms with Crippen LogP contribution in [0.25, 0.3) is 0 Å². The smallest absolute Gasteiger partial charge is 0.410 e. The summed E-state index contributed by atoms with van der Waals surface area (Å²) in [5.41, 5.74) is 0.521. The van der Waals surface area contributed by atoms with Gasteiger partial charge in [0.15, 0.2) is 0 Å². The van der Waals surface area contributed by atoms with Gasteiger partial charge in [-0.25, -0.2) is 4.79 Å². The van der Waals surface area contributed by atoms with Gasteiger partial charge in [-0.2, -0.15) is 0 Å². The van der Waals surface area contributed by atoms with Crippen LogP contribution < -0.4 is 0 Å². The van der Waals surface area contributed by atoms with Crippen LogP contribution in [0.2, 0.25) is 0 Å². The molecule has 1 atom stereocenters. The Morgan fingerprint density at radius 1 is 1.41 bits per heavy atom. The van der Waals surface area contributed by atoms with E-state index in [-0.39, 0.29) is 11.3 Å². The molecular formula is C16H24N2O3S. The lowest BCUT2D eigenvalue weighted by Crippen LogP contribution is -2.43. The first-order valence-electron chi connectivity index (χ1n) is 7.59. The molecule has 1 aromatic heterocycles. The number of piperidine rings is 1. The minimum atomic E-state index is -0.923. The van der Waals surface area contributed by atoms with Gasteiger partial charge in [0, 0.05) is 41.5 Å². The van der Waals surface area contributed by atoms with Crippen molar-refractivity contribution in [1.82, 2.24) is 9.88 Å². The molecule has 1 saturated heterocycles. The van der Waals surface area contributed by atoms with Gasteiger partial charge in [-0.1, -0.05) is 6.07 Å². The van der Waals surface area contributed by atoms with Crippen LogP contribution in [0.4, 0.5) is 4.79 Å². The van der Waals surface area contributed by atoms with Gasteiger partial charge < -0.3 is 9.64 Å². The molecule has 122 valence electrons. The molecular weight excluding hydrogens is 300 g/mol. The summed E-state index contributed by atoms with van der Waals surface area (Å²) in [4.78, 5) is 17.8. The number of nitrogens with zero attached hydrogens (tertiary/aromatic N) is 2. The maximum Gasteiger partial charge on any atom is 0.410 e. The number of pyridine rings is 1. The summed E-state index contributed by atoms with van der Waals surface area (Å²) in [5, 5.41) is 0.138. The average molecular weight is 324 g/mol. The summed E-state index contributed by atoms with van der Waals surface area (Å²) in [5.74, 6) is 0.533. The van der Waals surface area contributed by atoms with Crippen molar-refractivity contribution in [3.8, 4) is 0 Å². The van der Waals surface area contributed by atoms with Gasteiger partial charge in [-0.15, -0.1) is 0 Å². The highest BCUT2D eigenvalue weighted by molar-refractivity contribution is 7.84. The maximum atomic E-state index is 12.4. The van der Waals surface area contributed by atoms with Gasteiger partial charge >= 0.3 is 6.09 Å². The quantitative estimate of drug-likeness (QED) is 0.858.